The predicted molar refractivity (Wildman–Crippen MR) is 49.7 cm³/mol. The smallest absolute Gasteiger partial charge is 0.0302 e. The monoisotopic (exact) mass is 145 g/mol. The van der Waals surface area contributed by atoms with Crippen LogP contribution >= 0.6 is 0 Å². The molecule has 1 aliphatic rings. The molecule has 0 atom stereocenters. The van der Waals surface area contributed by atoms with Gasteiger partial charge in [-0.3, -0.25) is 4.99 Å². The van der Waals surface area contributed by atoms with Crippen molar-refractivity contribution >= 4 is 6.21 Å². The van der Waals surface area contributed by atoms with Gasteiger partial charge in [-0.1, -0.05) is 37.0 Å². The summed E-state index contributed by atoms with van der Waals surface area (Å²) in [6.45, 7) is 3.53. The highest BCUT2D eigenvalue weighted by Crippen LogP contribution is 2.09. The van der Waals surface area contributed by atoms with Crippen molar-refractivity contribution in [2.45, 2.75) is 6.42 Å². The van der Waals surface area contributed by atoms with Crippen LogP contribution in [-0.4, -0.2) is 6.21 Å². The van der Waals surface area contributed by atoms with Gasteiger partial charge in [0.25, 0.3) is 0 Å². The molecule has 0 unspecified atom stereocenters. The molecule has 1 nitrogen and oxygen atoms in total. The molecular weight excluding hydrogens is 134 g/mol. The van der Waals surface area contributed by atoms with Crippen molar-refractivity contribution in [3.8, 4) is 0 Å². The molecule has 11 heavy (non-hydrogen) atoms. The molecule has 56 valence electrons. The number of allylic oxidation sites excluding steroid dienone is 6. The molecule has 1 rings (SSSR count). The largest absolute Gasteiger partial charge is 0.264 e. The summed E-state index contributed by atoms with van der Waals surface area (Å²) in [7, 11) is 0. The fourth-order valence-electron chi connectivity index (χ4n) is 0.825. The highest BCUT2D eigenvalue weighted by Gasteiger charge is 1.90. The molecule has 0 spiro atoms. The zero-order chi connectivity index (χ0) is 7.94. The Balaban J connectivity index is 2.53. The summed E-state index contributed by atoms with van der Waals surface area (Å²) in [5.74, 6) is 0. The Morgan fingerprint density at radius 1 is 1.45 bits per heavy atom. The van der Waals surface area contributed by atoms with Gasteiger partial charge in [0.1, 0.15) is 0 Å². The first-order valence-electron chi connectivity index (χ1n) is 3.60. The first-order valence-corrected chi connectivity index (χ1v) is 3.60. The Morgan fingerprint density at radius 2 is 2.36 bits per heavy atom. The predicted octanol–water partition coefficient (Wildman–Crippen LogP) is 2.64. The van der Waals surface area contributed by atoms with Crippen LogP contribution in [0.1, 0.15) is 6.42 Å². The summed E-state index contributed by atoms with van der Waals surface area (Å²) >= 11 is 0. The Morgan fingerprint density at radius 3 is 3.00 bits per heavy atom. The van der Waals surface area contributed by atoms with E-state index in [1.165, 1.54) is 5.57 Å². The van der Waals surface area contributed by atoms with Gasteiger partial charge < -0.3 is 0 Å². The number of rotatable bonds is 2. The van der Waals surface area contributed by atoms with Gasteiger partial charge in [-0.15, -0.1) is 0 Å². The lowest BCUT2D eigenvalue weighted by Crippen LogP contribution is -1.78. The molecular formula is C10H11N. The van der Waals surface area contributed by atoms with Gasteiger partial charge in [-0.25, -0.2) is 0 Å². The molecule has 0 saturated heterocycles. The number of hydrogen-bond acceptors (Lipinski definition) is 1. The molecule has 0 saturated carbocycles. The molecule has 0 N–H and O–H groups in total. The third kappa shape index (κ3) is 2.80. The van der Waals surface area contributed by atoms with Crippen molar-refractivity contribution in [2.24, 2.45) is 4.99 Å². The quantitative estimate of drug-likeness (QED) is 0.530. The van der Waals surface area contributed by atoms with Crippen molar-refractivity contribution in [1.82, 2.24) is 0 Å². The molecule has 1 aliphatic carbocycles. The van der Waals surface area contributed by atoms with Crippen LogP contribution < -0.4 is 0 Å². The Kier molecular flexibility index (Phi) is 3.13. The number of hydrogen-bond donors (Lipinski definition) is 0. The van der Waals surface area contributed by atoms with E-state index in [1.807, 2.05) is 18.4 Å². The molecule has 0 heterocycles. The van der Waals surface area contributed by atoms with Crippen molar-refractivity contribution < 1.29 is 0 Å². The Bertz CT molecular complexity index is 242. The second-order valence-corrected chi connectivity index (χ2v) is 2.23. The average Bonchev–Trinajstić information content (AvgIpc) is 2.07. The van der Waals surface area contributed by atoms with Gasteiger partial charge in [0, 0.05) is 12.4 Å². The van der Waals surface area contributed by atoms with E-state index in [-0.39, 0.29) is 0 Å². The molecule has 0 aromatic heterocycles. The molecule has 0 aromatic rings. The summed E-state index contributed by atoms with van der Waals surface area (Å²) in [4.78, 5) is 4.02. The van der Waals surface area contributed by atoms with E-state index in [4.69, 9.17) is 0 Å². The Labute approximate surface area is 67.2 Å². The second-order valence-electron chi connectivity index (χ2n) is 2.23. The summed E-state index contributed by atoms with van der Waals surface area (Å²) < 4.78 is 0. The Hall–Kier alpha value is -1.37. The lowest BCUT2D eigenvalue weighted by atomic mass is 10.1. The van der Waals surface area contributed by atoms with E-state index in [0.29, 0.717) is 0 Å². The van der Waals surface area contributed by atoms with Crippen LogP contribution in [0.15, 0.2) is 53.7 Å². The lowest BCUT2D eigenvalue weighted by Gasteiger charge is -1.97. The van der Waals surface area contributed by atoms with Crippen molar-refractivity contribution in [1.29, 1.82) is 0 Å². The van der Waals surface area contributed by atoms with Crippen molar-refractivity contribution in [3.63, 3.8) is 0 Å². The molecule has 0 bridgehead atoms. The molecule has 0 fully saturated rings. The van der Waals surface area contributed by atoms with E-state index < -0.39 is 0 Å². The van der Waals surface area contributed by atoms with Crippen LogP contribution in [0, 0.1) is 0 Å². The zero-order valence-corrected chi connectivity index (χ0v) is 6.40. The van der Waals surface area contributed by atoms with Crippen LogP contribution in [0.3, 0.4) is 0 Å². The molecule has 1 heteroatoms. The van der Waals surface area contributed by atoms with Crippen molar-refractivity contribution in [2.75, 3.05) is 0 Å². The summed E-state index contributed by atoms with van der Waals surface area (Å²) in [6, 6.07) is 0. The minimum Gasteiger partial charge on any atom is -0.264 e. The average molecular weight is 145 g/mol. The first kappa shape index (κ1) is 7.73. The maximum atomic E-state index is 4.02. The van der Waals surface area contributed by atoms with Gasteiger partial charge in [-0.05, 0) is 12.0 Å². The SMILES string of the molecule is C=CC=NC=C1C=CC=CC1. The van der Waals surface area contributed by atoms with Gasteiger partial charge in [0.2, 0.25) is 0 Å². The standard InChI is InChI=1S/C10H11N/c1-2-8-11-9-10-6-4-3-5-7-10/h2-6,8-9H,1,7H2. The highest BCUT2D eigenvalue weighted by molar-refractivity contribution is 5.70. The van der Waals surface area contributed by atoms with Crippen molar-refractivity contribution in [3.05, 3.63) is 48.7 Å². The topological polar surface area (TPSA) is 12.4 Å². The molecule has 0 radical (unpaired) electrons. The second kappa shape index (κ2) is 4.45. The molecule has 0 aromatic carbocycles. The fourth-order valence-corrected chi connectivity index (χ4v) is 0.825. The van der Waals surface area contributed by atoms with Gasteiger partial charge in [0.15, 0.2) is 0 Å². The third-order valence-electron chi connectivity index (χ3n) is 1.34. The van der Waals surface area contributed by atoms with Crippen LogP contribution in [0.25, 0.3) is 0 Å². The van der Waals surface area contributed by atoms with E-state index in [9.17, 15) is 0 Å². The highest BCUT2D eigenvalue weighted by atomic mass is 14.7. The van der Waals surface area contributed by atoms with Crippen LogP contribution in [0.2, 0.25) is 0 Å². The molecule has 0 amide bonds. The first-order chi connectivity index (χ1) is 5.43. The van der Waals surface area contributed by atoms with Gasteiger partial charge >= 0.3 is 0 Å². The fraction of sp³-hybridized carbons (Fsp3) is 0.100. The molecule has 0 aliphatic heterocycles. The third-order valence-corrected chi connectivity index (χ3v) is 1.34. The number of aliphatic imine (C=N–C) groups is 1. The van der Waals surface area contributed by atoms with Gasteiger partial charge in [-0.2, -0.15) is 0 Å². The van der Waals surface area contributed by atoms with Crippen LogP contribution in [0.4, 0.5) is 0 Å². The van der Waals surface area contributed by atoms with Crippen LogP contribution in [0.5, 0.6) is 0 Å². The maximum absolute atomic E-state index is 4.02. The normalized spacial score (nSPS) is 19.8. The van der Waals surface area contributed by atoms with E-state index >= 15 is 0 Å². The summed E-state index contributed by atoms with van der Waals surface area (Å²) in [6.07, 6.45) is 14.4. The summed E-state index contributed by atoms with van der Waals surface area (Å²) in [5, 5.41) is 0. The van der Waals surface area contributed by atoms with E-state index in [2.05, 4.69) is 23.7 Å². The zero-order valence-electron chi connectivity index (χ0n) is 6.40. The lowest BCUT2D eigenvalue weighted by molar-refractivity contribution is 1.24. The maximum Gasteiger partial charge on any atom is 0.0302 e. The number of nitrogens with zero attached hydrogens (tertiary/aromatic N) is 1. The summed E-state index contributed by atoms with van der Waals surface area (Å²) in [5.41, 5.74) is 1.23. The van der Waals surface area contributed by atoms with E-state index in [0.717, 1.165) is 6.42 Å². The van der Waals surface area contributed by atoms with Crippen LogP contribution in [-0.2, 0) is 0 Å². The minimum atomic E-state index is 0.977. The minimum absolute atomic E-state index is 0.977. The van der Waals surface area contributed by atoms with Gasteiger partial charge in [0.05, 0.1) is 0 Å². The van der Waals surface area contributed by atoms with E-state index in [1.54, 1.807) is 12.3 Å².